The highest BCUT2D eigenvalue weighted by molar-refractivity contribution is 7.99. The summed E-state index contributed by atoms with van der Waals surface area (Å²) in [6.45, 7) is 2.04. The molecule has 0 atom stereocenters. The molecule has 4 heteroatoms. The second-order valence-electron chi connectivity index (χ2n) is 5.42. The third kappa shape index (κ3) is 5.17. The van der Waals surface area contributed by atoms with E-state index in [4.69, 9.17) is 5.11 Å². The lowest BCUT2D eigenvalue weighted by atomic mass is 9.82. The molecule has 2 N–H and O–H groups in total. The summed E-state index contributed by atoms with van der Waals surface area (Å²) < 4.78 is 0. The molecular formula is C16H23NO2S. The Kier molecular flexibility index (Phi) is 6.40. The molecule has 0 bridgehead atoms. The molecule has 1 aliphatic rings. The Morgan fingerprint density at radius 2 is 1.90 bits per heavy atom. The highest BCUT2D eigenvalue weighted by Crippen LogP contribution is 2.28. The van der Waals surface area contributed by atoms with Crippen molar-refractivity contribution in [2.24, 2.45) is 11.8 Å². The Morgan fingerprint density at radius 3 is 2.55 bits per heavy atom. The van der Waals surface area contributed by atoms with Gasteiger partial charge in [-0.2, -0.15) is 0 Å². The molecule has 0 heterocycles. The van der Waals surface area contributed by atoms with Crippen LogP contribution in [0.25, 0.3) is 0 Å². The first-order valence-electron chi connectivity index (χ1n) is 7.37. The van der Waals surface area contributed by atoms with Crippen LogP contribution in [0.1, 0.15) is 25.7 Å². The Bertz CT molecular complexity index is 402. The molecule has 1 saturated carbocycles. The van der Waals surface area contributed by atoms with E-state index in [0.717, 1.165) is 44.5 Å². The first kappa shape index (κ1) is 15.4. The van der Waals surface area contributed by atoms with Gasteiger partial charge in [0.15, 0.2) is 0 Å². The van der Waals surface area contributed by atoms with Crippen molar-refractivity contribution in [3.8, 4) is 0 Å². The van der Waals surface area contributed by atoms with Gasteiger partial charge in [-0.15, -0.1) is 11.8 Å². The van der Waals surface area contributed by atoms with Gasteiger partial charge in [0.1, 0.15) is 0 Å². The predicted octanol–water partition coefficient (Wildman–Crippen LogP) is 3.26. The highest BCUT2D eigenvalue weighted by atomic mass is 32.2. The molecule has 3 nitrogen and oxygen atoms in total. The Morgan fingerprint density at radius 1 is 1.20 bits per heavy atom. The average Bonchev–Trinajstić information content (AvgIpc) is 2.48. The topological polar surface area (TPSA) is 49.3 Å². The summed E-state index contributed by atoms with van der Waals surface area (Å²) in [6, 6.07) is 10.4. The third-order valence-corrected chi connectivity index (χ3v) is 4.93. The maximum Gasteiger partial charge on any atom is 0.306 e. The van der Waals surface area contributed by atoms with Crippen LogP contribution in [-0.2, 0) is 4.79 Å². The Labute approximate surface area is 125 Å². The second kappa shape index (κ2) is 8.32. The van der Waals surface area contributed by atoms with Gasteiger partial charge in [-0.3, -0.25) is 4.79 Å². The van der Waals surface area contributed by atoms with Gasteiger partial charge in [0.2, 0.25) is 0 Å². The lowest BCUT2D eigenvalue weighted by molar-refractivity contribution is -0.143. The predicted molar refractivity (Wildman–Crippen MR) is 83.1 cm³/mol. The number of benzene rings is 1. The van der Waals surface area contributed by atoms with E-state index in [1.54, 1.807) is 0 Å². The summed E-state index contributed by atoms with van der Waals surface area (Å²) in [5.74, 6) is 1.02. The van der Waals surface area contributed by atoms with Crippen LogP contribution in [0.4, 0.5) is 0 Å². The van der Waals surface area contributed by atoms with E-state index in [1.807, 2.05) is 17.8 Å². The largest absolute Gasteiger partial charge is 0.481 e. The van der Waals surface area contributed by atoms with Gasteiger partial charge in [-0.1, -0.05) is 18.2 Å². The molecule has 0 aliphatic heterocycles. The van der Waals surface area contributed by atoms with Crippen LogP contribution in [0.3, 0.4) is 0 Å². The van der Waals surface area contributed by atoms with Crippen LogP contribution in [-0.4, -0.2) is 29.9 Å². The van der Waals surface area contributed by atoms with E-state index < -0.39 is 5.97 Å². The molecular weight excluding hydrogens is 270 g/mol. The number of rotatable bonds is 7. The molecule has 1 aromatic rings. The Hall–Kier alpha value is -1.00. The fraction of sp³-hybridized carbons (Fsp3) is 0.562. The number of carboxylic acid groups (broad SMARTS) is 1. The van der Waals surface area contributed by atoms with E-state index in [0.29, 0.717) is 5.92 Å². The molecule has 1 aromatic carbocycles. The van der Waals surface area contributed by atoms with Crippen LogP contribution in [0, 0.1) is 11.8 Å². The van der Waals surface area contributed by atoms with Gasteiger partial charge in [-0.25, -0.2) is 0 Å². The van der Waals surface area contributed by atoms with Crippen LogP contribution in [0.5, 0.6) is 0 Å². The fourth-order valence-electron chi connectivity index (χ4n) is 2.68. The number of carbonyl (C=O) groups is 1. The van der Waals surface area contributed by atoms with Crippen LogP contribution >= 0.6 is 11.8 Å². The first-order chi connectivity index (χ1) is 9.75. The van der Waals surface area contributed by atoms with Gasteiger partial charge >= 0.3 is 5.97 Å². The number of nitrogens with one attached hydrogen (secondary N) is 1. The molecule has 110 valence electrons. The number of aliphatic carboxylic acids is 1. The molecule has 0 amide bonds. The second-order valence-corrected chi connectivity index (χ2v) is 6.59. The monoisotopic (exact) mass is 293 g/mol. The van der Waals surface area contributed by atoms with Crippen molar-refractivity contribution in [2.45, 2.75) is 30.6 Å². The number of hydrogen-bond acceptors (Lipinski definition) is 3. The van der Waals surface area contributed by atoms with Crippen molar-refractivity contribution >= 4 is 17.7 Å². The molecule has 20 heavy (non-hydrogen) atoms. The molecule has 0 unspecified atom stereocenters. The lowest BCUT2D eigenvalue weighted by Gasteiger charge is -2.26. The quantitative estimate of drug-likeness (QED) is 0.598. The minimum absolute atomic E-state index is 0.0973. The number of carboxylic acids is 1. The summed E-state index contributed by atoms with van der Waals surface area (Å²) in [4.78, 5) is 12.2. The highest BCUT2D eigenvalue weighted by Gasteiger charge is 2.25. The van der Waals surface area contributed by atoms with Crippen molar-refractivity contribution < 1.29 is 9.90 Å². The molecule has 0 aromatic heterocycles. The van der Waals surface area contributed by atoms with Crippen molar-refractivity contribution in [3.05, 3.63) is 30.3 Å². The third-order valence-electron chi connectivity index (χ3n) is 3.92. The fourth-order valence-corrected chi connectivity index (χ4v) is 3.51. The number of thioether (sulfide) groups is 1. The normalized spacial score (nSPS) is 22.6. The van der Waals surface area contributed by atoms with E-state index in [-0.39, 0.29) is 5.92 Å². The smallest absolute Gasteiger partial charge is 0.306 e. The van der Waals surface area contributed by atoms with Crippen LogP contribution in [0.15, 0.2) is 35.2 Å². The number of hydrogen-bond donors (Lipinski definition) is 2. The minimum atomic E-state index is -0.615. The molecule has 1 aliphatic carbocycles. The summed E-state index contributed by atoms with van der Waals surface area (Å²) in [7, 11) is 0. The lowest BCUT2D eigenvalue weighted by Crippen LogP contribution is -2.29. The van der Waals surface area contributed by atoms with Crippen molar-refractivity contribution in [3.63, 3.8) is 0 Å². The van der Waals surface area contributed by atoms with Gasteiger partial charge in [0.05, 0.1) is 5.92 Å². The van der Waals surface area contributed by atoms with Crippen molar-refractivity contribution in [1.29, 1.82) is 0 Å². The van der Waals surface area contributed by atoms with Crippen LogP contribution < -0.4 is 5.32 Å². The molecule has 2 rings (SSSR count). The Balaban J connectivity index is 1.53. The maximum atomic E-state index is 10.9. The van der Waals surface area contributed by atoms with Gasteiger partial charge in [0, 0.05) is 17.2 Å². The zero-order chi connectivity index (χ0) is 14.2. The van der Waals surface area contributed by atoms with E-state index in [9.17, 15) is 4.79 Å². The SMILES string of the molecule is O=C(O)C1CCC(CNCCSc2ccccc2)CC1. The van der Waals surface area contributed by atoms with Crippen LogP contribution in [0.2, 0.25) is 0 Å². The maximum absolute atomic E-state index is 10.9. The van der Waals surface area contributed by atoms with Gasteiger partial charge in [-0.05, 0) is 50.3 Å². The standard InChI is InChI=1S/C16H23NO2S/c18-16(19)14-8-6-13(7-9-14)12-17-10-11-20-15-4-2-1-3-5-15/h1-5,13-14,17H,6-12H2,(H,18,19). The van der Waals surface area contributed by atoms with E-state index in [1.165, 1.54) is 4.90 Å². The summed E-state index contributed by atoms with van der Waals surface area (Å²) in [6.07, 6.45) is 3.80. The summed E-state index contributed by atoms with van der Waals surface area (Å²) >= 11 is 1.87. The van der Waals surface area contributed by atoms with Crippen molar-refractivity contribution in [2.75, 3.05) is 18.8 Å². The van der Waals surface area contributed by atoms with Gasteiger partial charge < -0.3 is 10.4 Å². The molecule has 0 spiro atoms. The molecule has 0 saturated heterocycles. The van der Waals surface area contributed by atoms with E-state index in [2.05, 4.69) is 29.6 Å². The van der Waals surface area contributed by atoms with Gasteiger partial charge in [0.25, 0.3) is 0 Å². The zero-order valence-electron chi connectivity index (χ0n) is 11.8. The first-order valence-corrected chi connectivity index (χ1v) is 8.35. The van der Waals surface area contributed by atoms with E-state index >= 15 is 0 Å². The average molecular weight is 293 g/mol. The minimum Gasteiger partial charge on any atom is -0.481 e. The van der Waals surface area contributed by atoms with Crippen molar-refractivity contribution in [1.82, 2.24) is 5.32 Å². The molecule has 0 radical (unpaired) electrons. The molecule has 1 fully saturated rings. The zero-order valence-corrected chi connectivity index (χ0v) is 12.6. The summed E-state index contributed by atoms with van der Waals surface area (Å²) in [5.41, 5.74) is 0. The summed E-state index contributed by atoms with van der Waals surface area (Å²) in [5, 5.41) is 12.5.